The van der Waals surface area contributed by atoms with Gasteiger partial charge in [-0.2, -0.15) is 0 Å². The summed E-state index contributed by atoms with van der Waals surface area (Å²) in [6.45, 7) is 0.182. The van der Waals surface area contributed by atoms with Crippen LogP contribution in [0.15, 0.2) is 11.3 Å². The van der Waals surface area contributed by atoms with Crippen LogP contribution >= 0.6 is 11.8 Å². The molecule has 16 heavy (non-hydrogen) atoms. The van der Waals surface area contributed by atoms with Gasteiger partial charge in [0, 0.05) is 12.9 Å². The zero-order chi connectivity index (χ0) is 11.9. The molecule has 88 valence electrons. The molecule has 1 amide bonds. The summed E-state index contributed by atoms with van der Waals surface area (Å²) < 4.78 is 4.90. The van der Waals surface area contributed by atoms with E-state index in [1.165, 1.54) is 18.9 Å². The van der Waals surface area contributed by atoms with Crippen molar-refractivity contribution in [1.82, 2.24) is 4.90 Å². The molecule has 0 aliphatic carbocycles. The molecular formula is C9H11NO5S. The highest BCUT2D eigenvalue weighted by Crippen LogP contribution is 2.40. The van der Waals surface area contributed by atoms with Gasteiger partial charge in [0.2, 0.25) is 0 Å². The number of ether oxygens (including phenoxy) is 1. The molecule has 1 saturated heterocycles. The van der Waals surface area contributed by atoms with E-state index in [4.69, 9.17) is 9.84 Å². The molecule has 2 heterocycles. The molecule has 2 N–H and O–H groups in total. The number of carboxylic acids is 1. The summed E-state index contributed by atoms with van der Waals surface area (Å²) in [5.74, 6) is -1.25. The van der Waals surface area contributed by atoms with Gasteiger partial charge in [-0.05, 0) is 5.57 Å². The maximum Gasteiger partial charge on any atom is 0.352 e. The number of amides is 1. The molecule has 2 aliphatic heterocycles. The van der Waals surface area contributed by atoms with Gasteiger partial charge in [0.1, 0.15) is 11.1 Å². The molecule has 2 rings (SSSR count). The van der Waals surface area contributed by atoms with Gasteiger partial charge in [0.05, 0.1) is 6.61 Å². The SMILES string of the molecule is COCC1=C(C(=O)O)N2C(=O)C(O)[C@H]2SC1. The monoisotopic (exact) mass is 245 g/mol. The average molecular weight is 245 g/mol. The first-order chi connectivity index (χ1) is 7.57. The molecule has 0 spiro atoms. The number of fused-ring (bicyclic) bond motifs is 1. The van der Waals surface area contributed by atoms with Crippen molar-refractivity contribution in [1.29, 1.82) is 0 Å². The topological polar surface area (TPSA) is 87.1 Å². The van der Waals surface area contributed by atoms with E-state index >= 15 is 0 Å². The van der Waals surface area contributed by atoms with Gasteiger partial charge >= 0.3 is 5.97 Å². The molecular weight excluding hydrogens is 234 g/mol. The molecule has 0 aromatic carbocycles. The second-order valence-corrected chi connectivity index (χ2v) is 4.65. The molecule has 6 nitrogen and oxygen atoms in total. The lowest BCUT2D eigenvalue weighted by Gasteiger charge is -2.47. The van der Waals surface area contributed by atoms with E-state index in [0.29, 0.717) is 11.3 Å². The van der Waals surface area contributed by atoms with Crippen molar-refractivity contribution >= 4 is 23.6 Å². The lowest BCUT2D eigenvalue weighted by molar-refractivity contribution is -0.159. The van der Waals surface area contributed by atoms with Crippen LogP contribution in [0.3, 0.4) is 0 Å². The Balaban J connectivity index is 2.34. The number of aliphatic hydroxyl groups excluding tert-OH is 1. The third-order valence-corrected chi connectivity index (χ3v) is 3.87. The van der Waals surface area contributed by atoms with Crippen LogP contribution in [0.25, 0.3) is 0 Å². The molecule has 1 fully saturated rings. The minimum absolute atomic E-state index is 0.0408. The van der Waals surface area contributed by atoms with Crippen LogP contribution in [0, 0.1) is 0 Å². The number of hydrogen-bond donors (Lipinski definition) is 2. The first-order valence-corrected chi connectivity index (χ1v) is 5.69. The number of aliphatic carboxylic acids is 1. The van der Waals surface area contributed by atoms with E-state index in [1.807, 2.05) is 0 Å². The minimum atomic E-state index is -1.16. The smallest absolute Gasteiger partial charge is 0.352 e. The molecule has 0 aromatic heterocycles. The molecule has 2 aliphatic rings. The summed E-state index contributed by atoms with van der Waals surface area (Å²) in [6, 6.07) is 0. The van der Waals surface area contributed by atoms with Crippen LogP contribution in [0.2, 0.25) is 0 Å². The Labute approximate surface area is 95.9 Å². The summed E-state index contributed by atoms with van der Waals surface area (Å²) in [5.41, 5.74) is 0.525. The number of rotatable bonds is 3. The number of carbonyl (C=O) groups excluding carboxylic acids is 1. The number of hydrogen-bond acceptors (Lipinski definition) is 5. The van der Waals surface area contributed by atoms with Gasteiger partial charge in [-0.3, -0.25) is 9.69 Å². The molecule has 0 saturated carbocycles. The number of thioether (sulfide) groups is 1. The molecule has 0 bridgehead atoms. The maximum atomic E-state index is 11.4. The number of aliphatic hydroxyl groups is 1. The van der Waals surface area contributed by atoms with Gasteiger partial charge in [0.15, 0.2) is 6.10 Å². The lowest BCUT2D eigenvalue weighted by Crippen LogP contribution is -2.65. The van der Waals surface area contributed by atoms with Gasteiger partial charge in [0.25, 0.3) is 5.91 Å². The van der Waals surface area contributed by atoms with Gasteiger partial charge < -0.3 is 14.9 Å². The van der Waals surface area contributed by atoms with E-state index in [1.54, 1.807) is 0 Å². The van der Waals surface area contributed by atoms with E-state index in [-0.39, 0.29) is 12.3 Å². The first-order valence-electron chi connectivity index (χ1n) is 4.65. The normalized spacial score (nSPS) is 28.9. The lowest BCUT2D eigenvalue weighted by atomic mass is 10.1. The third kappa shape index (κ3) is 1.51. The Morgan fingerprint density at radius 3 is 2.94 bits per heavy atom. The Hall–Kier alpha value is -1.05. The summed E-state index contributed by atoms with van der Waals surface area (Å²) >= 11 is 1.35. The summed E-state index contributed by atoms with van der Waals surface area (Å²) in [5, 5.41) is 18.0. The standard InChI is InChI=1S/C9H11NO5S/c1-15-2-4-3-16-8-6(11)7(12)10(8)5(4)9(13)14/h6,8,11H,2-3H2,1H3,(H,13,14)/t6?,8-/m1/s1. The van der Waals surface area contributed by atoms with Crippen molar-refractivity contribution in [2.45, 2.75) is 11.5 Å². The van der Waals surface area contributed by atoms with Crippen molar-refractivity contribution in [2.24, 2.45) is 0 Å². The van der Waals surface area contributed by atoms with Crippen molar-refractivity contribution in [2.75, 3.05) is 19.5 Å². The molecule has 2 atom stereocenters. The number of carbonyl (C=O) groups is 2. The Kier molecular flexibility index (Phi) is 2.92. The Morgan fingerprint density at radius 1 is 1.69 bits per heavy atom. The van der Waals surface area contributed by atoms with Crippen LogP contribution in [0.1, 0.15) is 0 Å². The molecule has 0 aromatic rings. The number of nitrogens with zero attached hydrogens (tertiary/aromatic N) is 1. The first kappa shape index (κ1) is 11.4. The summed E-state index contributed by atoms with van der Waals surface area (Å²) in [6.07, 6.45) is -1.08. The molecule has 0 radical (unpaired) electrons. The predicted octanol–water partition coefficient (Wildman–Crippen LogP) is -0.752. The fourth-order valence-corrected chi connectivity index (χ4v) is 3.06. The minimum Gasteiger partial charge on any atom is -0.477 e. The van der Waals surface area contributed by atoms with Crippen LogP contribution in [0.5, 0.6) is 0 Å². The van der Waals surface area contributed by atoms with Crippen LogP contribution in [-0.2, 0) is 14.3 Å². The second kappa shape index (κ2) is 4.08. The third-order valence-electron chi connectivity index (χ3n) is 2.54. The summed E-state index contributed by atoms with van der Waals surface area (Å²) in [4.78, 5) is 23.6. The van der Waals surface area contributed by atoms with Crippen molar-refractivity contribution in [3.05, 3.63) is 11.3 Å². The van der Waals surface area contributed by atoms with E-state index < -0.39 is 23.4 Å². The van der Waals surface area contributed by atoms with Gasteiger partial charge in [-0.15, -0.1) is 11.8 Å². The second-order valence-electron chi connectivity index (χ2n) is 3.54. The van der Waals surface area contributed by atoms with Gasteiger partial charge in [-0.25, -0.2) is 4.79 Å². The predicted molar refractivity (Wildman–Crippen MR) is 55.6 cm³/mol. The van der Waals surface area contributed by atoms with E-state index in [9.17, 15) is 14.7 Å². The zero-order valence-electron chi connectivity index (χ0n) is 8.54. The Morgan fingerprint density at radius 2 is 2.38 bits per heavy atom. The van der Waals surface area contributed by atoms with Crippen molar-refractivity contribution in [3.63, 3.8) is 0 Å². The fraction of sp³-hybridized carbons (Fsp3) is 0.556. The Bertz CT molecular complexity index is 380. The number of β-lactam (4-membered cyclic amide) rings is 1. The highest BCUT2D eigenvalue weighted by molar-refractivity contribution is 8.00. The largest absolute Gasteiger partial charge is 0.477 e. The average Bonchev–Trinajstić information content (AvgIpc) is 2.27. The van der Waals surface area contributed by atoms with Gasteiger partial charge in [-0.1, -0.05) is 0 Å². The summed E-state index contributed by atoms with van der Waals surface area (Å²) in [7, 11) is 1.47. The quantitative estimate of drug-likeness (QED) is 0.636. The van der Waals surface area contributed by atoms with Crippen LogP contribution in [0.4, 0.5) is 0 Å². The van der Waals surface area contributed by atoms with Crippen LogP contribution < -0.4 is 0 Å². The van der Waals surface area contributed by atoms with E-state index in [0.717, 1.165) is 4.90 Å². The van der Waals surface area contributed by atoms with Crippen LogP contribution in [-0.4, -0.2) is 57.9 Å². The maximum absolute atomic E-state index is 11.4. The highest BCUT2D eigenvalue weighted by Gasteiger charge is 2.52. The van der Waals surface area contributed by atoms with Crippen molar-refractivity contribution in [3.8, 4) is 0 Å². The fourth-order valence-electron chi connectivity index (χ4n) is 1.82. The van der Waals surface area contributed by atoms with E-state index in [2.05, 4.69) is 0 Å². The van der Waals surface area contributed by atoms with Crippen molar-refractivity contribution < 1.29 is 24.5 Å². The number of carboxylic acid groups (broad SMARTS) is 1. The number of methoxy groups -OCH3 is 1. The molecule has 1 unspecified atom stereocenters. The molecule has 7 heteroatoms. The zero-order valence-corrected chi connectivity index (χ0v) is 9.36. The highest BCUT2D eigenvalue weighted by atomic mass is 32.2.